The van der Waals surface area contributed by atoms with Crippen LogP contribution in [0.4, 0.5) is 5.69 Å². The maximum atomic E-state index is 12.7. The summed E-state index contributed by atoms with van der Waals surface area (Å²) in [5.41, 5.74) is 1.07. The van der Waals surface area contributed by atoms with Crippen LogP contribution in [0.15, 0.2) is 35.1 Å². The summed E-state index contributed by atoms with van der Waals surface area (Å²) in [5, 5.41) is 3.16. The Morgan fingerprint density at radius 3 is 2.79 bits per heavy atom. The van der Waals surface area contributed by atoms with E-state index >= 15 is 0 Å². The van der Waals surface area contributed by atoms with Crippen LogP contribution in [0, 0.1) is 6.92 Å². The number of ether oxygens (including phenoxy) is 1. The predicted molar refractivity (Wildman–Crippen MR) is 107 cm³/mol. The Hall–Kier alpha value is -3.00. The number of rotatable bonds is 4. The second kappa shape index (κ2) is 7.20. The molecule has 7 nitrogen and oxygen atoms in total. The standard InChI is InChI=1S/C20H19N3O4S/c1-11-15-18(22-14-9-6-10-23(14)19(15)25)28-16(11)20(26)27-12(2)17(24)21-13-7-4-3-5-8-13/h3-5,7-8,12H,6,9-10H2,1-2H3,(H,21,24). The van der Waals surface area contributed by atoms with Crippen LogP contribution in [0.5, 0.6) is 0 Å². The second-order valence-corrected chi connectivity index (χ2v) is 7.73. The molecule has 3 heterocycles. The minimum Gasteiger partial charge on any atom is -0.448 e. The molecular formula is C20H19N3O4S. The third kappa shape index (κ3) is 3.20. The lowest BCUT2D eigenvalue weighted by molar-refractivity contribution is -0.123. The van der Waals surface area contributed by atoms with Gasteiger partial charge in [-0.2, -0.15) is 0 Å². The second-order valence-electron chi connectivity index (χ2n) is 6.73. The SMILES string of the molecule is Cc1c(C(=O)OC(C)C(=O)Nc2ccccc2)sc2nc3n(c(=O)c12)CCC3. The molecule has 1 aromatic carbocycles. The van der Waals surface area contributed by atoms with Crippen molar-refractivity contribution in [2.24, 2.45) is 0 Å². The van der Waals surface area contributed by atoms with E-state index in [0.29, 0.717) is 32.9 Å². The molecule has 1 aliphatic rings. The molecule has 3 aromatic rings. The van der Waals surface area contributed by atoms with Gasteiger partial charge in [0.1, 0.15) is 15.5 Å². The molecule has 0 bridgehead atoms. The first-order valence-corrected chi connectivity index (χ1v) is 9.87. The predicted octanol–water partition coefficient (Wildman–Crippen LogP) is 2.90. The lowest BCUT2D eigenvalue weighted by Crippen LogP contribution is -2.30. The number of thiophene rings is 1. The topological polar surface area (TPSA) is 90.3 Å². The van der Waals surface area contributed by atoms with Crippen molar-refractivity contribution < 1.29 is 14.3 Å². The van der Waals surface area contributed by atoms with Gasteiger partial charge >= 0.3 is 5.97 Å². The lowest BCUT2D eigenvalue weighted by Gasteiger charge is -2.13. The Labute approximate surface area is 165 Å². The van der Waals surface area contributed by atoms with Gasteiger partial charge in [-0.25, -0.2) is 9.78 Å². The maximum absolute atomic E-state index is 12.7. The lowest BCUT2D eigenvalue weighted by atomic mass is 10.2. The maximum Gasteiger partial charge on any atom is 0.349 e. The van der Waals surface area contributed by atoms with E-state index < -0.39 is 18.0 Å². The Morgan fingerprint density at radius 1 is 1.29 bits per heavy atom. The number of benzene rings is 1. The van der Waals surface area contributed by atoms with E-state index in [4.69, 9.17) is 4.74 Å². The quantitative estimate of drug-likeness (QED) is 0.684. The molecular weight excluding hydrogens is 378 g/mol. The van der Waals surface area contributed by atoms with Gasteiger partial charge in [-0.15, -0.1) is 11.3 Å². The number of amides is 1. The highest BCUT2D eigenvalue weighted by molar-refractivity contribution is 7.20. The van der Waals surface area contributed by atoms with Crippen LogP contribution in [0.25, 0.3) is 10.2 Å². The van der Waals surface area contributed by atoms with E-state index in [2.05, 4.69) is 10.3 Å². The zero-order valence-corrected chi connectivity index (χ0v) is 16.3. The van der Waals surface area contributed by atoms with Gasteiger partial charge in [-0.3, -0.25) is 14.2 Å². The highest BCUT2D eigenvalue weighted by Crippen LogP contribution is 2.29. The monoisotopic (exact) mass is 397 g/mol. The molecule has 1 N–H and O–H groups in total. The van der Waals surface area contributed by atoms with Crippen molar-refractivity contribution in [1.82, 2.24) is 9.55 Å². The fourth-order valence-electron chi connectivity index (χ4n) is 3.30. The van der Waals surface area contributed by atoms with Crippen LogP contribution in [-0.4, -0.2) is 27.5 Å². The summed E-state index contributed by atoms with van der Waals surface area (Å²) >= 11 is 1.14. The number of esters is 1. The number of aromatic nitrogens is 2. The molecule has 144 valence electrons. The number of carbonyl (C=O) groups is 2. The number of nitrogens with zero attached hydrogens (tertiary/aromatic N) is 2. The highest BCUT2D eigenvalue weighted by Gasteiger charge is 2.26. The van der Waals surface area contributed by atoms with Crippen LogP contribution >= 0.6 is 11.3 Å². The molecule has 4 rings (SSSR count). The number of anilines is 1. The van der Waals surface area contributed by atoms with E-state index in [0.717, 1.165) is 30.0 Å². The van der Waals surface area contributed by atoms with Gasteiger partial charge in [0.25, 0.3) is 11.5 Å². The first-order chi connectivity index (χ1) is 13.5. The van der Waals surface area contributed by atoms with E-state index in [1.165, 1.54) is 6.92 Å². The summed E-state index contributed by atoms with van der Waals surface area (Å²) < 4.78 is 7.02. The van der Waals surface area contributed by atoms with Crippen molar-refractivity contribution in [3.05, 3.63) is 57.0 Å². The van der Waals surface area contributed by atoms with Gasteiger partial charge in [-0.1, -0.05) is 18.2 Å². The molecule has 8 heteroatoms. The first-order valence-electron chi connectivity index (χ1n) is 9.05. The Morgan fingerprint density at radius 2 is 2.04 bits per heavy atom. The minimum absolute atomic E-state index is 0.111. The average Bonchev–Trinajstić information content (AvgIpc) is 3.27. The van der Waals surface area contributed by atoms with E-state index in [1.54, 1.807) is 35.8 Å². The van der Waals surface area contributed by atoms with Crippen molar-refractivity contribution in [2.45, 2.75) is 39.3 Å². The van der Waals surface area contributed by atoms with Crippen molar-refractivity contribution in [3.8, 4) is 0 Å². The number of nitrogens with one attached hydrogen (secondary N) is 1. The highest BCUT2D eigenvalue weighted by atomic mass is 32.1. The van der Waals surface area contributed by atoms with Gasteiger partial charge < -0.3 is 10.1 Å². The van der Waals surface area contributed by atoms with Crippen molar-refractivity contribution in [1.29, 1.82) is 0 Å². The smallest absolute Gasteiger partial charge is 0.349 e. The van der Waals surface area contributed by atoms with Gasteiger partial charge in [0.2, 0.25) is 0 Å². The molecule has 0 fully saturated rings. The molecule has 1 aliphatic heterocycles. The summed E-state index contributed by atoms with van der Waals surface area (Å²) in [7, 11) is 0. The van der Waals surface area contributed by atoms with Crippen LogP contribution in [0.2, 0.25) is 0 Å². The molecule has 0 saturated carbocycles. The third-order valence-electron chi connectivity index (χ3n) is 4.79. The minimum atomic E-state index is -0.976. The Bertz CT molecular complexity index is 1130. The van der Waals surface area contributed by atoms with Crippen molar-refractivity contribution >= 4 is 39.1 Å². The number of hydrogen-bond donors (Lipinski definition) is 1. The third-order valence-corrected chi connectivity index (χ3v) is 5.96. The molecule has 1 amide bonds. The number of carbonyl (C=O) groups excluding carboxylic acids is 2. The molecule has 0 spiro atoms. The van der Waals surface area contributed by atoms with E-state index in [9.17, 15) is 14.4 Å². The normalized spacial score (nSPS) is 13.9. The van der Waals surface area contributed by atoms with Crippen molar-refractivity contribution in [3.63, 3.8) is 0 Å². The summed E-state index contributed by atoms with van der Waals surface area (Å²) in [6, 6.07) is 8.95. The van der Waals surface area contributed by atoms with Crippen LogP contribution in [0.1, 0.15) is 34.4 Å². The molecule has 0 radical (unpaired) electrons. The average molecular weight is 397 g/mol. The van der Waals surface area contributed by atoms with E-state index in [1.807, 2.05) is 6.07 Å². The fraction of sp³-hybridized carbons (Fsp3) is 0.300. The number of fused-ring (bicyclic) bond motifs is 2. The number of hydrogen-bond acceptors (Lipinski definition) is 6. The van der Waals surface area contributed by atoms with E-state index in [-0.39, 0.29) is 5.56 Å². The van der Waals surface area contributed by atoms with Crippen LogP contribution in [-0.2, 0) is 22.5 Å². The van der Waals surface area contributed by atoms with Crippen LogP contribution < -0.4 is 10.9 Å². The molecule has 28 heavy (non-hydrogen) atoms. The van der Waals surface area contributed by atoms with Gasteiger partial charge in [0, 0.05) is 18.7 Å². The fourth-order valence-corrected chi connectivity index (χ4v) is 4.38. The van der Waals surface area contributed by atoms with Gasteiger partial charge in [0.05, 0.1) is 5.39 Å². The molecule has 1 atom stereocenters. The number of para-hydroxylation sites is 1. The molecule has 1 unspecified atom stereocenters. The summed E-state index contributed by atoms with van der Waals surface area (Å²) in [6.07, 6.45) is 0.691. The van der Waals surface area contributed by atoms with Gasteiger partial charge in [0.15, 0.2) is 6.10 Å². The summed E-state index contributed by atoms with van der Waals surface area (Å²) in [6.45, 7) is 3.89. The Balaban J connectivity index is 1.56. The first kappa shape index (κ1) is 18.4. The molecule has 2 aromatic heterocycles. The summed E-state index contributed by atoms with van der Waals surface area (Å²) in [4.78, 5) is 43.0. The van der Waals surface area contributed by atoms with Crippen LogP contribution in [0.3, 0.4) is 0 Å². The zero-order valence-electron chi connectivity index (χ0n) is 15.5. The van der Waals surface area contributed by atoms with Gasteiger partial charge in [-0.05, 0) is 38.0 Å². The summed E-state index contributed by atoms with van der Waals surface area (Å²) in [5.74, 6) is -0.287. The zero-order chi connectivity index (χ0) is 19.8. The largest absolute Gasteiger partial charge is 0.448 e. The number of aryl methyl sites for hydroxylation is 2. The Kier molecular flexibility index (Phi) is 4.72. The molecule has 0 aliphatic carbocycles. The molecule has 0 saturated heterocycles. The van der Waals surface area contributed by atoms with Crippen molar-refractivity contribution in [2.75, 3.05) is 5.32 Å².